The fourth-order valence-corrected chi connectivity index (χ4v) is 4.31. The van der Waals surface area contributed by atoms with E-state index in [9.17, 15) is 15.2 Å². The minimum absolute atomic E-state index is 0.143. The molecule has 27 heavy (non-hydrogen) atoms. The Labute approximate surface area is 160 Å². The largest absolute Gasteiger partial charge is 0.508 e. The van der Waals surface area contributed by atoms with Crippen molar-refractivity contribution in [3.05, 3.63) is 70.2 Å². The average molecular weight is 376 g/mol. The highest BCUT2D eigenvalue weighted by atomic mass is 32.1. The number of rotatable bonds is 3. The maximum atomic E-state index is 13.2. The molecule has 0 saturated heterocycles. The number of phenols is 1. The second-order valence-corrected chi connectivity index (χ2v) is 7.68. The van der Waals surface area contributed by atoms with Crippen LogP contribution in [0.5, 0.6) is 5.75 Å². The van der Waals surface area contributed by atoms with E-state index in [1.54, 1.807) is 29.8 Å². The molecule has 134 valence electrons. The summed E-state index contributed by atoms with van der Waals surface area (Å²) in [6, 6.07) is 14.6. The molecular formula is C20H16N4O2S. The van der Waals surface area contributed by atoms with Crippen LogP contribution in [0.2, 0.25) is 0 Å². The molecule has 0 aliphatic heterocycles. The molecule has 0 spiro atoms. The van der Waals surface area contributed by atoms with Gasteiger partial charge in [0.2, 0.25) is 11.0 Å². The predicted molar refractivity (Wildman–Crippen MR) is 101 cm³/mol. The minimum Gasteiger partial charge on any atom is -0.508 e. The van der Waals surface area contributed by atoms with Gasteiger partial charge in [0.25, 0.3) is 0 Å². The van der Waals surface area contributed by atoms with Crippen molar-refractivity contribution in [1.82, 2.24) is 10.2 Å². The van der Waals surface area contributed by atoms with Crippen LogP contribution < -0.4 is 5.32 Å². The molecule has 0 bridgehead atoms. The van der Waals surface area contributed by atoms with Gasteiger partial charge in [0.15, 0.2) is 0 Å². The Morgan fingerprint density at radius 1 is 1.37 bits per heavy atom. The SMILES string of the molecule is C[C@]1(C(=O)Nc2nncs2)Cc2ccc(C#N)cc2[C@H]1c1cccc(O)c1. The van der Waals surface area contributed by atoms with Crippen LogP contribution in [0.4, 0.5) is 5.13 Å². The van der Waals surface area contributed by atoms with E-state index in [1.165, 1.54) is 11.3 Å². The van der Waals surface area contributed by atoms with Crippen molar-refractivity contribution in [3.63, 3.8) is 0 Å². The van der Waals surface area contributed by atoms with Crippen LogP contribution in [0.15, 0.2) is 48.0 Å². The molecule has 3 aromatic rings. The summed E-state index contributed by atoms with van der Waals surface area (Å²) in [4.78, 5) is 13.2. The van der Waals surface area contributed by atoms with Crippen LogP contribution in [0.3, 0.4) is 0 Å². The predicted octanol–water partition coefficient (Wildman–Crippen LogP) is 3.45. The van der Waals surface area contributed by atoms with Crippen LogP contribution in [0.1, 0.15) is 35.1 Å². The minimum atomic E-state index is -0.796. The van der Waals surface area contributed by atoms with Crippen LogP contribution in [-0.2, 0) is 11.2 Å². The molecule has 0 fully saturated rings. The number of benzene rings is 2. The molecule has 7 heteroatoms. The number of aromatic hydroxyl groups is 1. The first kappa shape index (κ1) is 17.2. The van der Waals surface area contributed by atoms with Crippen molar-refractivity contribution in [2.45, 2.75) is 19.3 Å². The molecule has 1 heterocycles. The summed E-state index contributed by atoms with van der Waals surface area (Å²) >= 11 is 1.26. The Bertz CT molecular complexity index is 1060. The summed E-state index contributed by atoms with van der Waals surface area (Å²) in [5.74, 6) is -0.313. The molecule has 0 radical (unpaired) electrons. The van der Waals surface area contributed by atoms with Gasteiger partial charge in [-0.05, 0) is 54.3 Å². The molecule has 4 rings (SSSR count). The maximum absolute atomic E-state index is 13.2. The fourth-order valence-electron chi connectivity index (χ4n) is 3.87. The first-order valence-corrected chi connectivity index (χ1v) is 9.29. The first-order chi connectivity index (χ1) is 13.0. The Morgan fingerprint density at radius 3 is 2.93 bits per heavy atom. The molecule has 6 nitrogen and oxygen atoms in total. The van der Waals surface area contributed by atoms with E-state index in [0.29, 0.717) is 17.1 Å². The van der Waals surface area contributed by atoms with Gasteiger partial charge >= 0.3 is 0 Å². The second kappa shape index (κ2) is 6.49. The van der Waals surface area contributed by atoms with Crippen LogP contribution in [0.25, 0.3) is 0 Å². The molecule has 1 amide bonds. The highest BCUT2D eigenvalue weighted by molar-refractivity contribution is 7.13. The van der Waals surface area contributed by atoms with Crippen molar-refractivity contribution < 1.29 is 9.90 Å². The van der Waals surface area contributed by atoms with Crippen molar-refractivity contribution in [2.75, 3.05) is 5.32 Å². The Hall–Kier alpha value is -3.24. The van der Waals surface area contributed by atoms with Crippen LogP contribution >= 0.6 is 11.3 Å². The lowest BCUT2D eigenvalue weighted by atomic mass is 9.73. The summed E-state index contributed by atoms with van der Waals surface area (Å²) in [7, 11) is 0. The number of nitrogens with one attached hydrogen (secondary N) is 1. The molecule has 2 N–H and O–H groups in total. The van der Waals surface area contributed by atoms with E-state index in [0.717, 1.165) is 16.7 Å². The van der Waals surface area contributed by atoms with Gasteiger partial charge < -0.3 is 10.4 Å². The molecule has 2 atom stereocenters. The number of hydrogen-bond acceptors (Lipinski definition) is 6. The standard InChI is InChI=1S/C20H16N4O2S/c1-20(18(26)23-19-24-22-11-27-19)9-14-6-5-12(10-21)7-16(14)17(20)13-3-2-4-15(25)8-13/h2-8,11,17,25H,9H2,1H3,(H,23,24,26)/t17-,20+/m1/s1. The van der Waals surface area contributed by atoms with Crippen molar-refractivity contribution in [1.29, 1.82) is 5.26 Å². The number of nitriles is 1. The van der Waals surface area contributed by atoms with E-state index in [1.807, 2.05) is 25.1 Å². The van der Waals surface area contributed by atoms with Gasteiger partial charge in [0, 0.05) is 5.92 Å². The quantitative estimate of drug-likeness (QED) is 0.729. The van der Waals surface area contributed by atoms with E-state index < -0.39 is 5.41 Å². The van der Waals surface area contributed by atoms with Gasteiger partial charge in [-0.25, -0.2) is 0 Å². The Balaban J connectivity index is 1.83. The maximum Gasteiger partial charge on any atom is 0.233 e. The number of phenolic OH excluding ortho intramolecular Hbond substituents is 1. The third-order valence-electron chi connectivity index (χ3n) is 5.08. The summed E-state index contributed by atoms with van der Waals surface area (Å²) in [6.07, 6.45) is 0.527. The number of amides is 1. The van der Waals surface area contributed by atoms with Gasteiger partial charge in [0.1, 0.15) is 11.3 Å². The molecule has 0 saturated carbocycles. The topological polar surface area (TPSA) is 98.9 Å². The molecule has 1 aromatic heterocycles. The van der Waals surface area contributed by atoms with Crippen molar-refractivity contribution in [3.8, 4) is 11.8 Å². The first-order valence-electron chi connectivity index (χ1n) is 8.41. The summed E-state index contributed by atoms with van der Waals surface area (Å²) in [6.45, 7) is 1.91. The highest BCUT2D eigenvalue weighted by Gasteiger charge is 2.49. The van der Waals surface area contributed by atoms with Crippen LogP contribution in [-0.4, -0.2) is 21.2 Å². The Kier molecular flexibility index (Phi) is 4.13. The fraction of sp³-hybridized carbons (Fsp3) is 0.200. The van der Waals surface area contributed by atoms with Gasteiger partial charge in [0.05, 0.1) is 17.0 Å². The van der Waals surface area contributed by atoms with Gasteiger partial charge in [-0.15, -0.1) is 10.2 Å². The summed E-state index contributed by atoms with van der Waals surface area (Å²) in [5, 5.41) is 30.2. The number of aromatic nitrogens is 2. The Morgan fingerprint density at radius 2 is 2.22 bits per heavy atom. The van der Waals surface area contributed by atoms with Gasteiger partial charge in [-0.2, -0.15) is 5.26 Å². The number of hydrogen-bond donors (Lipinski definition) is 2. The lowest BCUT2D eigenvalue weighted by Crippen LogP contribution is -2.37. The van der Waals surface area contributed by atoms with Crippen LogP contribution in [0, 0.1) is 16.7 Å². The van der Waals surface area contributed by atoms with Gasteiger partial charge in [-0.3, -0.25) is 4.79 Å². The third-order valence-corrected chi connectivity index (χ3v) is 5.69. The monoisotopic (exact) mass is 376 g/mol. The zero-order valence-electron chi connectivity index (χ0n) is 14.5. The molecule has 1 aliphatic rings. The average Bonchev–Trinajstić information content (AvgIpc) is 3.26. The third kappa shape index (κ3) is 2.94. The molecular weight excluding hydrogens is 360 g/mol. The zero-order chi connectivity index (χ0) is 19.0. The van der Waals surface area contributed by atoms with Crippen molar-refractivity contribution >= 4 is 22.4 Å². The highest BCUT2D eigenvalue weighted by Crippen LogP contribution is 2.51. The number of nitrogens with zero attached hydrogens (tertiary/aromatic N) is 3. The van der Waals surface area contributed by atoms with Gasteiger partial charge in [-0.1, -0.05) is 29.5 Å². The molecule has 1 aliphatic carbocycles. The lowest BCUT2D eigenvalue weighted by Gasteiger charge is -2.31. The van der Waals surface area contributed by atoms with E-state index >= 15 is 0 Å². The summed E-state index contributed by atoms with van der Waals surface area (Å²) < 4.78 is 0. The molecule has 2 aromatic carbocycles. The number of fused-ring (bicyclic) bond motifs is 1. The van der Waals surface area contributed by atoms with Crippen molar-refractivity contribution in [2.24, 2.45) is 5.41 Å². The van der Waals surface area contributed by atoms with E-state index in [2.05, 4.69) is 21.6 Å². The molecule has 0 unspecified atom stereocenters. The second-order valence-electron chi connectivity index (χ2n) is 6.85. The summed E-state index contributed by atoms with van der Waals surface area (Å²) in [5.41, 5.74) is 4.11. The zero-order valence-corrected chi connectivity index (χ0v) is 15.3. The number of carbonyl (C=O) groups is 1. The smallest absolute Gasteiger partial charge is 0.233 e. The van der Waals surface area contributed by atoms with E-state index in [4.69, 9.17) is 0 Å². The normalized spacial score (nSPS) is 20.7. The lowest BCUT2D eigenvalue weighted by molar-refractivity contribution is -0.125. The number of carbonyl (C=O) groups excluding carboxylic acids is 1. The van der Waals surface area contributed by atoms with E-state index in [-0.39, 0.29) is 17.6 Å². The number of anilines is 1.